The fourth-order valence-corrected chi connectivity index (χ4v) is 3.04. The van der Waals surface area contributed by atoms with Gasteiger partial charge in [-0.25, -0.2) is 4.79 Å². The highest BCUT2D eigenvalue weighted by atomic mass is 127. The monoisotopic (exact) mass is 520 g/mol. The second-order valence-corrected chi connectivity index (χ2v) is 6.61. The largest absolute Gasteiger partial charge is 0.497 e. The average Bonchev–Trinajstić information content (AvgIpc) is 2.72. The number of hydrogen-bond acceptors (Lipinski definition) is 5. The van der Waals surface area contributed by atoms with Gasteiger partial charge in [0.25, 0.3) is 0 Å². The van der Waals surface area contributed by atoms with Crippen molar-refractivity contribution in [3.8, 4) is 5.75 Å². The number of rotatable bonds is 7. The minimum absolute atomic E-state index is 0. The van der Waals surface area contributed by atoms with Crippen LogP contribution in [-0.4, -0.2) is 68.0 Å². The molecule has 9 heteroatoms. The quantitative estimate of drug-likeness (QED) is 0.291. The van der Waals surface area contributed by atoms with Crippen molar-refractivity contribution in [2.45, 2.75) is 38.8 Å². The van der Waals surface area contributed by atoms with Crippen LogP contribution < -0.4 is 15.4 Å². The van der Waals surface area contributed by atoms with Crippen molar-refractivity contribution in [3.05, 3.63) is 29.8 Å². The van der Waals surface area contributed by atoms with E-state index in [1.807, 2.05) is 38.1 Å². The highest BCUT2D eigenvalue weighted by molar-refractivity contribution is 14.0. The summed E-state index contributed by atoms with van der Waals surface area (Å²) in [4.78, 5) is 18.0. The molecule has 0 saturated carbocycles. The third-order valence-corrected chi connectivity index (χ3v) is 4.63. The van der Waals surface area contributed by atoms with E-state index < -0.39 is 6.10 Å². The molecule has 1 aromatic carbocycles. The number of aliphatic imine (C=N–C) groups is 1. The number of carbonyl (C=O) groups is 1. The van der Waals surface area contributed by atoms with E-state index in [1.165, 1.54) is 0 Å². The van der Waals surface area contributed by atoms with Gasteiger partial charge in [-0.1, -0.05) is 12.1 Å². The molecular weight excluding hydrogens is 487 g/mol. The Bertz CT molecular complexity index is 634. The zero-order valence-electron chi connectivity index (χ0n) is 17.4. The van der Waals surface area contributed by atoms with Crippen LogP contribution in [0.4, 0.5) is 4.79 Å². The lowest BCUT2D eigenvalue weighted by molar-refractivity contribution is 0.0963. The molecule has 1 atom stereocenters. The number of ether oxygens (including phenoxy) is 2. The van der Waals surface area contributed by atoms with Crippen LogP contribution in [0.5, 0.6) is 5.75 Å². The number of amides is 1. The average molecular weight is 520 g/mol. The van der Waals surface area contributed by atoms with Crippen LogP contribution in [-0.2, 0) is 4.74 Å². The van der Waals surface area contributed by atoms with Crippen molar-refractivity contribution in [2.24, 2.45) is 4.99 Å². The number of halogens is 1. The summed E-state index contributed by atoms with van der Waals surface area (Å²) in [7, 11) is 1.61. The second kappa shape index (κ2) is 13.5. The number of nitrogens with zero attached hydrogens (tertiary/aromatic N) is 2. The predicted molar refractivity (Wildman–Crippen MR) is 124 cm³/mol. The van der Waals surface area contributed by atoms with Crippen molar-refractivity contribution in [1.29, 1.82) is 0 Å². The zero-order chi connectivity index (χ0) is 20.4. The molecular formula is C20H33IN4O4. The van der Waals surface area contributed by atoms with Gasteiger partial charge in [-0.2, -0.15) is 0 Å². The summed E-state index contributed by atoms with van der Waals surface area (Å²) in [6, 6.07) is 7.54. The summed E-state index contributed by atoms with van der Waals surface area (Å²) in [5.74, 6) is 1.42. The van der Waals surface area contributed by atoms with Crippen LogP contribution >= 0.6 is 24.0 Å². The van der Waals surface area contributed by atoms with Gasteiger partial charge in [0.15, 0.2) is 5.96 Å². The maximum Gasteiger partial charge on any atom is 0.409 e. The Kier molecular flexibility index (Phi) is 11.7. The first-order valence-electron chi connectivity index (χ1n) is 9.85. The van der Waals surface area contributed by atoms with Crippen molar-refractivity contribution in [2.75, 3.05) is 39.9 Å². The van der Waals surface area contributed by atoms with E-state index in [0.29, 0.717) is 25.7 Å². The smallest absolute Gasteiger partial charge is 0.409 e. The second-order valence-electron chi connectivity index (χ2n) is 6.61. The van der Waals surface area contributed by atoms with E-state index in [9.17, 15) is 9.90 Å². The van der Waals surface area contributed by atoms with E-state index in [0.717, 1.165) is 30.7 Å². The Morgan fingerprint density at radius 1 is 1.28 bits per heavy atom. The van der Waals surface area contributed by atoms with Crippen LogP contribution in [0.15, 0.2) is 29.3 Å². The lowest BCUT2D eigenvalue weighted by atomic mass is 10.1. The Morgan fingerprint density at radius 3 is 2.48 bits per heavy atom. The van der Waals surface area contributed by atoms with Crippen molar-refractivity contribution < 1.29 is 19.4 Å². The Morgan fingerprint density at radius 2 is 1.93 bits per heavy atom. The molecule has 1 aliphatic rings. The number of aliphatic hydroxyl groups excluding tert-OH is 1. The van der Waals surface area contributed by atoms with Crippen LogP contribution in [0, 0.1) is 0 Å². The van der Waals surface area contributed by atoms with Gasteiger partial charge >= 0.3 is 6.09 Å². The number of hydrogen-bond donors (Lipinski definition) is 3. The number of likely N-dealkylation sites (tertiary alicyclic amines) is 1. The van der Waals surface area contributed by atoms with Crippen LogP contribution in [0.25, 0.3) is 0 Å². The molecule has 1 amide bonds. The first-order valence-corrected chi connectivity index (χ1v) is 9.85. The SMILES string of the molecule is CCNC(=NCC(O)c1ccc(OC)cc1)NC1CCN(C(=O)OCC)CC1.I. The molecule has 1 saturated heterocycles. The zero-order valence-corrected chi connectivity index (χ0v) is 19.7. The lowest BCUT2D eigenvalue weighted by Crippen LogP contribution is -2.50. The summed E-state index contributed by atoms with van der Waals surface area (Å²) in [6.07, 6.45) is 0.713. The number of methoxy groups -OCH3 is 1. The third kappa shape index (κ3) is 8.25. The molecule has 1 fully saturated rings. The number of piperidine rings is 1. The molecule has 1 aromatic rings. The number of carbonyl (C=O) groups excluding carboxylic acids is 1. The summed E-state index contributed by atoms with van der Waals surface area (Å²) < 4.78 is 10.2. The van der Waals surface area contributed by atoms with E-state index in [2.05, 4.69) is 15.6 Å². The fraction of sp³-hybridized carbons (Fsp3) is 0.600. The van der Waals surface area contributed by atoms with Gasteiger partial charge in [-0.15, -0.1) is 24.0 Å². The van der Waals surface area contributed by atoms with E-state index in [4.69, 9.17) is 9.47 Å². The summed E-state index contributed by atoms with van der Waals surface area (Å²) in [5.41, 5.74) is 0.795. The number of aliphatic hydroxyl groups is 1. The van der Waals surface area contributed by atoms with Gasteiger partial charge in [0.2, 0.25) is 0 Å². The topological polar surface area (TPSA) is 95.4 Å². The van der Waals surface area contributed by atoms with Gasteiger partial charge in [-0.3, -0.25) is 4.99 Å². The minimum Gasteiger partial charge on any atom is -0.497 e. The van der Waals surface area contributed by atoms with Gasteiger partial charge < -0.3 is 30.1 Å². The van der Waals surface area contributed by atoms with Crippen LogP contribution in [0.2, 0.25) is 0 Å². The standard InChI is InChI=1S/C20H32N4O4.HI/c1-4-21-19(22-14-18(25)15-6-8-17(27-3)9-7-15)23-16-10-12-24(13-11-16)20(26)28-5-2;/h6-9,16,18,25H,4-5,10-14H2,1-3H3,(H2,21,22,23);1H. The Balaban J connectivity index is 0.00000420. The molecule has 164 valence electrons. The molecule has 29 heavy (non-hydrogen) atoms. The van der Waals surface area contributed by atoms with Gasteiger partial charge in [0.1, 0.15) is 5.75 Å². The van der Waals surface area contributed by atoms with Gasteiger partial charge in [0.05, 0.1) is 26.4 Å². The van der Waals surface area contributed by atoms with Crippen molar-refractivity contribution >= 4 is 36.0 Å². The molecule has 0 aliphatic carbocycles. The first-order chi connectivity index (χ1) is 13.6. The van der Waals surface area contributed by atoms with Gasteiger partial charge in [-0.05, 0) is 44.4 Å². The molecule has 0 bridgehead atoms. The van der Waals surface area contributed by atoms with Crippen LogP contribution in [0.1, 0.15) is 38.4 Å². The summed E-state index contributed by atoms with van der Waals surface area (Å²) in [6.45, 7) is 6.50. The fourth-order valence-electron chi connectivity index (χ4n) is 3.04. The van der Waals surface area contributed by atoms with Crippen molar-refractivity contribution in [1.82, 2.24) is 15.5 Å². The Labute approximate surface area is 190 Å². The predicted octanol–water partition coefficient (Wildman–Crippen LogP) is 2.52. The van der Waals surface area contributed by atoms with E-state index in [-0.39, 0.29) is 42.7 Å². The Hall–Kier alpha value is -1.75. The van der Waals surface area contributed by atoms with E-state index in [1.54, 1.807) is 12.0 Å². The number of benzene rings is 1. The summed E-state index contributed by atoms with van der Waals surface area (Å²) >= 11 is 0. The minimum atomic E-state index is -0.688. The number of nitrogens with one attached hydrogen (secondary N) is 2. The van der Waals surface area contributed by atoms with E-state index >= 15 is 0 Å². The molecule has 0 aromatic heterocycles. The lowest BCUT2D eigenvalue weighted by Gasteiger charge is -2.32. The van der Waals surface area contributed by atoms with Crippen LogP contribution in [0.3, 0.4) is 0 Å². The molecule has 1 aliphatic heterocycles. The maximum absolute atomic E-state index is 11.8. The number of guanidine groups is 1. The molecule has 8 nitrogen and oxygen atoms in total. The third-order valence-electron chi connectivity index (χ3n) is 4.63. The normalized spacial score (nSPS) is 15.9. The molecule has 0 radical (unpaired) electrons. The highest BCUT2D eigenvalue weighted by Crippen LogP contribution is 2.18. The highest BCUT2D eigenvalue weighted by Gasteiger charge is 2.24. The maximum atomic E-state index is 11.8. The summed E-state index contributed by atoms with van der Waals surface area (Å²) in [5, 5.41) is 17.0. The first kappa shape index (κ1) is 25.3. The van der Waals surface area contributed by atoms with Crippen molar-refractivity contribution in [3.63, 3.8) is 0 Å². The molecule has 2 rings (SSSR count). The van der Waals surface area contributed by atoms with Gasteiger partial charge in [0, 0.05) is 25.7 Å². The molecule has 3 N–H and O–H groups in total. The molecule has 0 spiro atoms. The molecule has 1 unspecified atom stereocenters. The molecule has 1 heterocycles.